The molecule has 0 radical (unpaired) electrons. The van der Waals surface area contributed by atoms with Gasteiger partial charge in [-0.15, -0.1) is 0 Å². The van der Waals surface area contributed by atoms with Gasteiger partial charge in [0.2, 0.25) is 0 Å². The van der Waals surface area contributed by atoms with Crippen molar-refractivity contribution in [1.82, 2.24) is 0 Å². The highest BCUT2D eigenvalue weighted by atomic mass is 19.3. The van der Waals surface area contributed by atoms with Crippen molar-refractivity contribution in [2.45, 2.75) is 31.6 Å². The van der Waals surface area contributed by atoms with Gasteiger partial charge < -0.3 is 9.52 Å². The van der Waals surface area contributed by atoms with Crippen LogP contribution in [-0.4, -0.2) is 11.7 Å². The van der Waals surface area contributed by atoms with E-state index in [0.717, 1.165) is 6.42 Å². The molecule has 2 atom stereocenters. The summed E-state index contributed by atoms with van der Waals surface area (Å²) in [6.07, 6.45) is 0.429. The highest BCUT2D eigenvalue weighted by Gasteiger charge is 2.40. The second-order valence-electron chi connectivity index (χ2n) is 4.20. The standard InChI is InChI=1S/C11H14F2O2/c1-7-6-8(7)9-2-3-10(15-9)11(12,13)4-5-14/h2-3,7-8,14H,4-6H2,1H3. The van der Waals surface area contributed by atoms with E-state index < -0.39 is 19.0 Å². The minimum Gasteiger partial charge on any atom is -0.459 e. The first kappa shape index (κ1) is 10.6. The summed E-state index contributed by atoms with van der Waals surface area (Å²) in [5, 5.41) is 8.51. The average molecular weight is 216 g/mol. The molecule has 0 aromatic carbocycles. The SMILES string of the molecule is CC1CC1c1ccc(C(F)(F)CCO)o1. The van der Waals surface area contributed by atoms with E-state index in [1.165, 1.54) is 6.07 Å². The van der Waals surface area contributed by atoms with E-state index in [1.807, 2.05) is 0 Å². The second kappa shape index (κ2) is 3.59. The van der Waals surface area contributed by atoms with Crippen molar-refractivity contribution in [2.24, 2.45) is 5.92 Å². The molecule has 0 aliphatic heterocycles. The summed E-state index contributed by atoms with van der Waals surface area (Å²) in [4.78, 5) is 0. The lowest BCUT2D eigenvalue weighted by Gasteiger charge is -2.11. The van der Waals surface area contributed by atoms with Gasteiger partial charge in [-0.1, -0.05) is 6.92 Å². The Balaban J connectivity index is 2.12. The van der Waals surface area contributed by atoms with E-state index >= 15 is 0 Å². The highest BCUT2D eigenvalue weighted by Crippen LogP contribution is 2.48. The molecule has 1 aliphatic rings. The Morgan fingerprint density at radius 3 is 2.73 bits per heavy atom. The number of rotatable bonds is 4. The van der Waals surface area contributed by atoms with E-state index in [9.17, 15) is 8.78 Å². The van der Waals surface area contributed by atoms with Crippen molar-refractivity contribution in [3.63, 3.8) is 0 Å². The minimum atomic E-state index is -3.05. The Kier molecular flexibility index (Phi) is 2.54. The average Bonchev–Trinajstić information content (AvgIpc) is 2.70. The third-order valence-electron chi connectivity index (χ3n) is 2.89. The van der Waals surface area contributed by atoms with Gasteiger partial charge in [0.15, 0.2) is 5.76 Å². The van der Waals surface area contributed by atoms with E-state index in [-0.39, 0.29) is 5.76 Å². The Morgan fingerprint density at radius 1 is 1.53 bits per heavy atom. The maximum atomic E-state index is 13.3. The molecule has 0 saturated heterocycles. The molecule has 1 fully saturated rings. The van der Waals surface area contributed by atoms with Crippen molar-refractivity contribution in [1.29, 1.82) is 0 Å². The van der Waals surface area contributed by atoms with Gasteiger partial charge >= 0.3 is 5.92 Å². The largest absolute Gasteiger partial charge is 0.459 e. The van der Waals surface area contributed by atoms with Crippen LogP contribution in [0.3, 0.4) is 0 Å². The predicted octanol–water partition coefficient (Wildman–Crippen LogP) is 2.88. The van der Waals surface area contributed by atoms with E-state index in [0.29, 0.717) is 17.6 Å². The van der Waals surface area contributed by atoms with Crippen molar-refractivity contribution in [3.8, 4) is 0 Å². The zero-order chi connectivity index (χ0) is 11.1. The van der Waals surface area contributed by atoms with Gasteiger partial charge in [0.1, 0.15) is 5.76 Å². The number of hydrogen-bond donors (Lipinski definition) is 1. The van der Waals surface area contributed by atoms with Gasteiger partial charge in [-0.3, -0.25) is 0 Å². The summed E-state index contributed by atoms with van der Waals surface area (Å²) >= 11 is 0. The van der Waals surface area contributed by atoms with Crippen LogP contribution in [0, 0.1) is 5.92 Å². The molecule has 1 aromatic heterocycles. The summed E-state index contributed by atoms with van der Waals surface area (Å²) in [6.45, 7) is 1.53. The number of furan rings is 1. The molecule has 1 N–H and O–H groups in total. The van der Waals surface area contributed by atoms with Crippen LogP contribution in [0.5, 0.6) is 0 Å². The normalized spacial score (nSPS) is 25.6. The summed E-state index contributed by atoms with van der Waals surface area (Å²) in [6, 6.07) is 2.94. The number of hydrogen-bond acceptors (Lipinski definition) is 2. The van der Waals surface area contributed by atoms with E-state index in [2.05, 4.69) is 6.92 Å². The van der Waals surface area contributed by atoms with Gasteiger partial charge in [0, 0.05) is 18.9 Å². The molecule has 84 valence electrons. The highest BCUT2D eigenvalue weighted by molar-refractivity contribution is 5.19. The monoisotopic (exact) mass is 216 g/mol. The predicted molar refractivity (Wildman–Crippen MR) is 50.8 cm³/mol. The van der Waals surface area contributed by atoms with Crippen LogP contribution in [0.25, 0.3) is 0 Å². The molecule has 15 heavy (non-hydrogen) atoms. The van der Waals surface area contributed by atoms with Crippen molar-refractivity contribution < 1.29 is 18.3 Å². The third-order valence-corrected chi connectivity index (χ3v) is 2.89. The van der Waals surface area contributed by atoms with Gasteiger partial charge in [0.05, 0.1) is 0 Å². The first-order chi connectivity index (χ1) is 7.04. The first-order valence-corrected chi connectivity index (χ1v) is 5.13. The summed E-state index contributed by atoms with van der Waals surface area (Å²) in [7, 11) is 0. The fraction of sp³-hybridized carbons (Fsp3) is 0.636. The van der Waals surface area contributed by atoms with Gasteiger partial charge in [0.25, 0.3) is 0 Å². The topological polar surface area (TPSA) is 33.4 Å². The lowest BCUT2D eigenvalue weighted by Crippen LogP contribution is -2.14. The Hall–Kier alpha value is -0.900. The number of halogens is 2. The molecule has 1 aromatic rings. The Bertz CT molecular complexity index is 346. The van der Waals surface area contributed by atoms with Crippen molar-refractivity contribution in [2.75, 3.05) is 6.61 Å². The minimum absolute atomic E-state index is 0.309. The molecule has 2 unspecified atom stereocenters. The third kappa shape index (κ3) is 2.04. The smallest absolute Gasteiger partial charge is 0.306 e. The molecule has 1 saturated carbocycles. The van der Waals surface area contributed by atoms with Crippen LogP contribution in [0.1, 0.15) is 37.2 Å². The molecule has 0 bridgehead atoms. The number of alkyl halides is 2. The van der Waals surface area contributed by atoms with Gasteiger partial charge in [-0.25, -0.2) is 0 Å². The van der Waals surface area contributed by atoms with Gasteiger partial charge in [-0.2, -0.15) is 8.78 Å². The molecular weight excluding hydrogens is 202 g/mol. The molecule has 2 nitrogen and oxygen atoms in total. The second-order valence-corrected chi connectivity index (χ2v) is 4.20. The molecular formula is C11H14F2O2. The summed E-state index contributed by atoms with van der Waals surface area (Å²) < 4.78 is 31.7. The zero-order valence-electron chi connectivity index (χ0n) is 8.54. The van der Waals surface area contributed by atoms with Crippen LogP contribution in [0.4, 0.5) is 8.78 Å². The van der Waals surface area contributed by atoms with Crippen molar-refractivity contribution >= 4 is 0 Å². The molecule has 1 heterocycles. The Labute approximate surface area is 86.9 Å². The van der Waals surface area contributed by atoms with Crippen molar-refractivity contribution in [3.05, 3.63) is 23.7 Å². The molecule has 2 rings (SSSR count). The van der Waals surface area contributed by atoms with Crippen LogP contribution in [0.15, 0.2) is 16.5 Å². The van der Waals surface area contributed by atoms with Crippen LogP contribution in [0.2, 0.25) is 0 Å². The van der Waals surface area contributed by atoms with E-state index in [4.69, 9.17) is 9.52 Å². The molecule has 0 spiro atoms. The molecule has 1 aliphatic carbocycles. The van der Waals surface area contributed by atoms with E-state index in [1.54, 1.807) is 6.07 Å². The lowest BCUT2D eigenvalue weighted by molar-refractivity contribution is -0.0467. The number of aliphatic hydroxyl groups is 1. The summed E-state index contributed by atoms with van der Waals surface area (Å²) in [5.41, 5.74) is 0. The lowest BCUT2D eigenvalue weighted by atomic mass is 10.2. The van der Waals surface area contributed by atoms with Gasteiger partial charge in [-0.05, 0) is 24.5 Å². The maximum absolute atomic E-state index is 13.3. The fourth-order valence-electron chi connectivity index (χ4n) is 1.73. The van der Waals surface area contributed by atoms with Crippen LogP contribution in [-0.2, 0) is 5.92 Å². The van der Waals surface area contributed by atoms with Crippen LogP contribution >= 0.6 is 0 Å². The fourth-order valence-corrected chi connectivity index (χ4v) is 1.73. The van der Waals surface area contributed by atoms with Crippen LogP contribution < -0.4 is 0 Å². The number of aliphatic hydroxyl groups excluding tert-OH is 1. The molecule has 0 amide bonds. The zero-order valence-corrected chi connectivity index (χ0v) is 8.54. The maximum Gasteiger partial charge on any atom is 0.306 e. The summed E-state index contributed by atoms with van der Waals surface area (Å²) in [5.74, 6) is -1.88. The quantitative estimate of drug-likeness (QED) is 0.839. The first-order valence-electron chi connectivity index (χ1n) is 5.13. The Morgan fingerprint density at radius 2 is 2.20 bits per heavy atom. The molecule has 4 heteroatoms.